The average Bonchev–Trinajstić information content (AvgIpc) is 2.89. The summed E-state index contributed by atoms with van der Waals surface area (Å²) >= 11 is 1.80. The second-order valence-corrected chi connectivity index (χ2v) is 6.00. The Morgan fingerprint density at radius 2 is 2.20 bits per heavy atom. The van der Waals surface area contributed by atoms with E-state index < -0.39 is 5.97 Å². The smallest absolute Gasteiger partial charge is 0.328 e. The summed E-state index contributed by atoms with van der Waals surface area (Å²) < 4.78 is 0. The fourth-order valence-electron chi connectivity index (χ4n) is 2.13. The molecule has 4 nitrogen and oxygen atoms in total. The summed E-state index contributed by atoms with van der Waals surface area (Å²) in [6.07, 6.45) is 3.54. The van der Waals surface area contributed by atoms with Crippen molar-refractivity contribution in [2.24, 2.45) is 5.92 Å². The Morgan fingerprint density at radius 1 is 1.40 bits per heavy atom. The third-order valence-electron chi connectivity index (χ3n) is 3.09. The van der Waals surface area contributed by atoms with Crippen LogP contribution in [-0.4, -0.2) is 28.5 Å². The lowest BCUT2D eigenvalue weighted by Crippen LogP contribution is -2.22. The van der Waals surface area contributed by atoms with Gasteiger partial charge in [-0.3, -0.25) is 4.79 Å². The highest BCUT2D eigenvalue weighted by Crippen LogP contribution is 2.25. The van der Waals surface area contributed by atoms with Crippen molar-refractivity contribution in [1.29, 1.82) is 0 Å². The number of benzene rings is 1. The van der Waals surface area contributed by atoms with Crippen molar-refractivity contribution in [3.05, 3.63) is 35.4 Å². The van der Waals surface area contributed by atoms with Crippen LogP contribution in [0.5, 0.6) is 0 Å². The van der Waals surface area contributed by atoms with Crippen LogP contribution in [0.25, 0.3) is 6.08 Å². The predicted octanol–water partition coefficient (Wildman–Crippen LogP) is 2.78. The molecule has 1 aliphatic rings. The van der Waals surface area contributed by atoms with Crippen molar-refractivity contribution >= 4 is 35.4 Å². The van der Waals surface area contributed by atoms with E-state index in [0.29, 0.717) is 0 Å². The number of rotatable bonds is 4. The molecule has 0 bridgehead atoms. The number of anilines is 1. The lowest BCUT2D eigenvalue weighted by Gasteiger charge is -2.11. The minimum atomic E-state index is -0.986. The van der Waals surface area contributed by atoms with Crippen LogP contribution in [0.1, 0.15) is 17.5 Å². The summed E-state index contributed by atoms with van der Waals surface area (Å²) in [5.41, 5.74) is 2.47. The Hall–Kier alpha value is -1.75. The Morgan fingerprint density at radius 3 is 2.85 bits per heavy atom. The van der Waals surface area contributed by atoms with Gasteiger partial charge < -0.3 is 10.4 Å². The minimum absolute atomic E-state index is 0.0498. The molecule has 1 atom stereocenters. The van der Waals surface area contributed by atoms with Gasteiger partial charge in [-0.2, -0.15) is 11.8 Å². The maximum Gasteiger partial charge on any atom is 0.328 e. The van der Waals surface area contributed by atoms with Crippen LogP contribution in [0.15, 0.2) is 24.3 Å². The fourth-order valence-corrected chi connectivity index (χ4v) is 3.35. The summed E-state index contributed by atoms with van der Waals surface area (Å²) in [6.45, 7) is 1.92. The monoisotopic (exact) mass is 291 g/mol. The van der Waals surface area contributed by atoms with Crippen molar-refractivity contribution in [2.75, 3.05) is 16.8 Å². The molecule has 5 heteroatoms. The summed E-state index contributed by atoms with van der Waals surface area (Å²) in [7, 11) is 0. The highest BCUT2D eigenvalue weighted by atomic mass is 32.2. The molecule has 0 aliphatic carbocycles. The van der Waals surface area contributed by atoms with Gasteiger partial charge in [0.2, 0.25) is 5.91 Å². The third-order valence-corrected chi connectivity index (χ3v) is 4.25. The third kappa shape index (κ3) is 4.13. The normalized spacial score (nSPS) is 18.4. The van der Waals surface area contributed by atoms with E-state index in [0.717, 1.165) is 40.8 Å². The molecule has 1 unspecified atom stereocenters. The molecule has 1 aliphatic heterocycles. The van der Waals surface area contributed by atoms with Crippen LogP contribution in [0.3, 0.4) is 0 Å². The number of carbonyl (C=O) groups excluding carboxylic acids is 1. The summed E-state index contributed by atoms with van der Waals surface area (Å²) in [5.74, 6) is 1.06. The lowest BCUT2D eigenvalue weighted by molar-refractivity contribution is -0.131. The van der Waals surface area contributed by atoms with Gasteiger partial charge in [0, 0.05) is 23.4 Å². The molecular weight excluding hydrogens is 274 g/mol. The van der Waals surface area contributed by atoms with Crippen molar-refractivity contribution in [1.82, 2.24) is 0 Å². The van der Waals surface area contributed by atoms with Crippen LogP contribution >= 0.6 is 11.8 Å². The molecule has 106 valence electrons. The van der Waals surface area contributed by atoms with Gasteiger partial charge in [0.05, 0.1) is 0 Å². The molecule has 20 heavy (non-hydrogen) atoms. The summed E-state index contributed by atoms with van der Waals surface area (Å²) in [5, 5.41) is 11.6. The number of nitrogens with one attached hydrogen (secondary N) is 1. The minimum Gasteiger partial charge on any atom is -0.478 e. The van der Waals surface area contributed by atoms with Gasteiger partial charge in [-0.15, -0.1) is 0 Å². The molecule has 1 amide bonds. The number of aliphatic carboxylic acids is 1. The molecule has 0 radical (unpaired) electrons. The molecule has 2 rings (SSSR count). The zero-order valence-corrected chi connectivity index (χ0v) is 12.1. The van der Waals surface area contributed by atoms with Crippen molar-refractivity contribution in [3.8, 4) is 0 Å². The first kappa shape index (κ1) is 14.7. The molecule has 1 aromatic carbocycles. The van der Waals surface area contributed by atoms with E-state index in [1.54, 1.807) is 17.8 Å². The van der Waals surface area contributed by atoms with E-state index in [4.69, 9.17) is 5.11 Å². The predicted molar refractivity (Wildman–Crippen MR) is 81.9 cm³/mol. The Balaban J connectivity index is 2.11. The maximum absolute atomic E-state index is 12.1. The van der Waals surface area contributed by atoms with E-state index in [1.165, 1.54) is 6.08 Å². The van der Waals surface area contributed by atoms with Gasteiger partial charge in [-0.05, 0) is 48.4 Å². The van der Waals surface area contributed by atoms with Crippen LogP contribution in [0.4, 0.5) is 5.69 Å². The van der Waals surface area contributed by atoms with E-state index in [9.17, 15) is 9.59 Å². The van der Waals surface area contributed by atoms with Crippen LogP contribution < -0.4 is 5.32 Å². The number of hydrogen-bond donors (Lipinski definition) is 2. The number of aryl methyl sites for hydroxylation is 1. The highest BCUT2D eigenvalue weighted by molar-refractivity contribution is 7.99. The standard InChI is InChI=1S/C15H17NO3S/c1-10-6-11(2-3-14(17)18)8-13(7-10)16-15(19)12-4-5-20-9-12/h2-3,6-8,12H,4-5,9H2,1H3,(H,16,19)(H,17,18)/b3-2+. The molecule has 1 heterocycles. The van der Waals surface area contributed by atoms with Gasteiger partial charge >= 0.3 is 5.97 Å². The second kappa shape index (κ2) is 6.61. The number of hydrogen-bond acceptors (Lipinski definition) is 3. The highest BCUT2D eigenvalue weighted by Gasteiger charge is 2.23. The van der Waals surface area contributed by atoms with Crippen LogP contribution in [-0.2, 0) is 9.59 Å². The fraction of sp³-hybridized carbons (Fsp3) is 0.333. The van der Waals surface area contributed by atoms with E-state index in [-0.39, 0.29) is 11.8 Å². The van der Waals surface area contributed by atoms with Gasteiger partial charge in [-0.25, -0.2) is 4.79 Å². The van der Waals surface area contributed by atoms with Crippen LogP contribution in [0, 0.1) is 12.8 Å². The average molecular weight is 291 g/mol. The Labute approximate surface area is 122 Å². The molecular formula is C15H17NO3S. The van der Waals surface area contributed by atoms with Crippen molar-refractivity contribution in [3.63, 3.8) is 0 Å². The molecule has 1 aromatic rings. The summed E-state index contributed by atoms with van der Waals surface area (Å²) in [6, 6.07) is 5.55. The van der Waals surface area contributed by atoms with Gasteiger partial charge in [-0.1, -0.05) is 6.07 Å². The number of carboxylic acid groups (broad SMARTS) is 1. The number of carboxylic acids is 1. The van der Waals surface area contributed by atoms with Gasteiger partial charge in [0.15, 0.2) is 0 Å². The largest absolute Gasteiger partial charge is 0.478 e. The van der Waals surface area contributed by atoms with E-state index in [2.05, 4.69) is 5.32 Å². The molecule has 1 fully saturated rings. The Bertz CT molecular complexity index is 548. The molecule has 0 aromatic heterocycles. The zero-order chi connectivity index (χ0) is 14.5. The second-order valence-electron chi connectivity index (χ2n) is 4.85. The quantitative estimate of drug-likeness (QED) is 0.837. The molecule has 0 saturated carbocycles. The van der Waals surface area contributed by atoms with Gasteiger partial charge in [0.1, 0.15) is 0 Å². The number of amides is 1. The van der Waals surface area contributed by atoms with Crippen molar-refractivity contribution in [2.45, 2.75) is 13.3 Å². The lowest BCUT2D eigenvalue weighted by atomic mass is 10.1. The van der Waals surface area contributed by atoms with E-state index in [1.807, 2.05) is 19.1 Å². The summed E-state index contributed by atoms with van der Waals surface area (Å²) in [4.78, 5) is 22.6. The molecule has 0 spiro atoms. The van der Waals surface area contributed by atoms with Gasteiger partial charge in [0.25, 0.3) is 0 Å². The maximum atomic E-state index is 12.1. The van der Waals surface area contributed by atoms with Crippen molar-refractivity contribution < 1.29 is 14.7 Å². The number of carbonyl (C=O) groups is 2. The SMILES string of the molecule is Cc1cc(/C=C/C(=O)O)cc(NC(=O)C2CCSC2)c1. The first-order valence-electron chi connectivity index (χ1n) is 6.46. The topological polar surface area (TPSA) is 66.4 Å². The first-order chi connectivity index (χ1) is 9.54. The Kier molecular flexibility index (Phi) is 4.84. The first-order valence-corrected chi connectivity index (χ1v) is 7.61. The zero-order valence-electron chi connectivity index (χ0n) is 11.3. The van der Waals surface area contributed by atoms with Crippen LogP contribution in [0.2, 0.25) is 0 Å². The van der Waals surface area contributed by atoms with E-state index >= 15 is 0 Å². The molecule has 1 saturated heterocycles. The molecule has 2 N–H and O–H groups in total. The number of thioether (sulfide) groups is 1.